The molecule has 0 aromatic heterocycles. The van der Waals surface area contributed by atoms with Crippen molar-refractivity contribution in [2.75, 3.05) is 0 Å². The highest BCUT2D eigenvalue weighted by Crippen LogP contribution is 2.20. The van der Waals surface area contributed by atoms with E-state index in [0.717, 1.165) is 5.57 Å². The van der Waals surface area contributed by atoms with E-state index >= 15 is 0 Å². The van der Waals surface area contributed by atoms with Crippen LogP contribution in [0.2, 0.25) is 0 Å². The van der Waals surface area contributed by atoms with Gasteiger partial charge in [0.2, 0.25) is 0 Å². The Kier molecular flexibility index (Phi) is 5.62. The molecule has 0 atom stereocenters. The maximum atomic E-state index is 3.95. The molecule has 0 spiro atoms. The summed E-state index contributed by atoms with van der Waals surface area (Å²) in [7, 11) is 0. The summed E-state index contributed by atoms with van der Waals surface area (Å²) in [4.78, 5) is 0. The molecule has 0 saturated heterocycles. The normalized spacial score (nSPS) is 8.57. The van der Waals surface area contributed by atoms with Gasteiger partial charge in [-0.3, -0.25) is 0 Å². The average Bonchev–Trinajstić information content (AvgIpc) is 2.04. The molecule has 0 saturated carbocycles. The molecule has 0 N–H and O–H groups in total. The molecular formula is C14H20. The third-order valence-corrected chi connectivity index (χ3v) is 1.91. The Morgan fingerprint density at radius 3 is 1.79 bits per heavy atom. The summed E-state index contributed by atoms with van der Waals surface area (Å²) < 4.78 is 0. The van der Waals surface area contributed by atoms with Crippen molar-refractivity contribution in [1.82, 2.24) is 0 Å². The van der Waals surface area contributed by atoms with E-state index in [1.54, 1.807) is 6.08 Å². The summed E-state index contributed by atoms with van der Waals surface area (Å²) in [5.41, 5.74) is 5.10. The van der Waals surface area contributed by atoms with Crippen molar-refractivity contribution >= 4 is 5.57 Å². The second kappa shape index (κ2) is 6.20. The van der Waals surface area contributed by atoms with Crippen molar-refractivity contribution in [2.45, 2.75) is 27.7 Å². The van der Waals surface area contributed by atoms with Gasteiger partial charge in [0.15, 0.2) is 0 Å². The quantitative estimate of drug-likeness (QED) is 0.568. The molecule has 0 nitrogen and oxygen atoms in total. The van der Waals surface area contributed by atoms with Gasteiger partial charge in [0.1, 0.15) is 0 Å². The summed E-state index contributed by atoms with van der Waals surface area (Å²) >= 11 is 0. The molecule has 0 bridgehead atoms. The van der Waals surface area contributed by atoms with Crippen molar-refractivity contribution in [3.63, 3.8) is 0 Å². The minimum absolute atomic E-state index is 1.15. The van der Waals surface area contributed by atoms with Gasteiger partial charge in [-0.05, 0) is 44.4 Å². The van der Waals surface area contributed by atoms with Crippen molar-refractivity contribution in [3.05, 3.63) is 54.1 Å². The van der Waals surface area contributed by atoms with Crippen LogP contribution in [0.5, 0.6) is 0 Å². The van der Waals surface area contributed by atoms with Crippen LogP contribution >= 0.6 is 0 Å². The smallest absolute Gasteiger partial charge is 0.0175 e. The largest absolute Gasteiger partial charge is 0.103 e. The molecule has 0 amide bonds. The highest BCUT2D eigenvalue weighted by molar-refractivity contribution is 5.67. The molecule has 1 aromatic rings. The number of aryl methyl sites for hydroxylation is 2. The lowest BCUT2D eigenvalue weighted by molar-refractivity contribution is 1.33. The summed E-state index contributed by atoms with van der Waals surface area (Å²) in [5.74, 6) is 0. The van der Waals surface area contributed by atoms with Gasteiger partial charge in [0, 0.05) is 0 Å². The zero-order chi connectivity index (χ0) is 11.1. The van der Waals surface area contributed by atoms with Crippen LogP contribution in [-0.4, -0.2) is 0 Å². The zero-order valence-electron chi connectivity index (χ0n) is 9.72. The van der Waals surface area contributed by atoms with Crippen molar-refractivity contribution in [3.8, 4) is 0 Å². The average molecular weight is 188 g/mol. The molecule has 0 aliphatic heterocycles. The lowest BCUT2D eigenvalue weighted by Gasteiger charge is -2.07. The van der Waals surface area contributed by atoms with Gasteiger partial charge < -0.3 is 0 Å². The zero-order valence-corrected chi connectivity index (χ0v) is 9.72. The van der Waals surface area contributed by atoms with E-state index < -0.39 is 0 Å². The maximum absolute atomic E-state index is 3.95. The van der Waals surface area contributed by atoms with Crippen LogP contribution in [0.1, 0.15) is 30.5 Å². The van der Waals surface area contributed by atoms with Crippen LogP contribution in [0.3, 0.4) is 0 Å². The van der Waals surface area contributed by atoms with Crippen molar-refractivity contribution in [1.29, 1.82) is 0 Å². The lowest BCUT2D eigenvalue weighted by atomic mass is 9.98. The molecule has 1 aromatic carbocycles. The summed E-state index contributed by atoms with van der Waals surface area (Å²) in [6.45, 7) is 15.5. The van der Waals surface area contributed by atoms with Gasteiger partial charge in [0.05, 0.1) is 0 Å². The Morgan fingerprint density at radius 1 is 1.21 bits per heavy atom. The summed E-state index contributed by atoms with van der Waals surface area (Å²) in [6, 6.07) is 6.32. The van der Waals surface area contributed by atoms with E-state index in [1.165, 1.54) is 16.7 Å². The van der Waals surface area contributed by atoms with Crippen LogP contribution in [0.25, 0.3) is 5.57 Å². The molecule has 0 radical (unpaired) electrons. The third-order valence-electron chi connectivity index (χ3n) is 1.91. The molecule has 0 heteroatoms. The molecule has 76 valence electrons. The van der Waals surface area contributed by atoms with Crippen molar-refractivity contribution < 1.29 is 0 Å². The first-order chi connectivity index (χ1) is 6.54. The second-order valence-electron chi connectivity index (χ2n) is 3.46. The van der Waals surface area contributed by atoms with E-state index in [0.29, 0.717) is 0 Å². The van der Waals surface area contributed by atoms with E-state index in [2.05, 4.69) is 52.1 Å². The topological polar surface area (TPSA) is 0 Å². The van der Waals surface area contributed by atoms with Crippen LogP contribution < -0.4 is 0 Å². The first-order valence-corrected chi connectivity index (χ1v) is 4.83. The Hall–Kier alpha value is -1.30. The SMILES string of the molecule is C=C(C)c1c(C)cccc1C.C=CC. The minimum atomic E-state index is 1.15. The minimum Gasteiger partial charge on any atom is -0.103 e. The number of rotatable bonds is 1. The second-order valence-corrected chi connectivity index (χ2v) is 3.46. The first-order valence-electron chi connectivity index (χ1n) is 4.83. The highest BCUT2D eigenvalue weighted by Gasteiger charge is 2.00. The molecular weight excluding hydrogens is 168 g/mol. The molecule has 1 rings (SSSR count). The van der Waals surface area contributed by atoms with Gasteiger partial charge in [-0.2, -0.15) is 0 Å². The van der Waals surface area contributed by atoms with Gasteiger partial charge in [0.25, 0.3) is 0 Å². The Balaban J connectivity index is 0.000000500. The van der Waals surface area contributed by atoms with Crippen LogP contribution in [-0.2, 0) is 0 Å². The van der Waals surface area contributed by atoms with E-state index in [-0.39, 0.29) is 0 Å². The molecule has 0 aliphatic carbocycles. The molecule has 0 aliphatic rings. The van der Waals surface area contributed by atoms with E-state index in [9.17, 15) is 0 Å². The number of hydrogen-bond donors (Lipinski definition) is 0. The van der Waals surface area contributed by atoms with E-state index in [1.807, 2.05) is 6.92 Å². The molecule has 14 heavy (non-hydrogen) atoms. The standard InChI is InChI=1S/C11H14.C3H6/c1-8(2)11-9(3)6-5-7-10(11)4;1-3-2/h5-7H,1H2,2-4H3;3H,1H2,2H3. The monoisotopic (exact) mass is 188 g/mol. The number of allylic oxidation sites excluding steroid dienone is 2. The maximum Gasteiger partial charge on any atom is -0.0175 e. The highest BCUT2D eigenvalue weighted by atomic mass is 14.1. The van der Waals surface area contributed by atoms with Crippen LogP contribution in [0, 0.1) is 13.8 Å². The Morgan fingerprint density at radius 2 is 1.57 bits per heavy atom. The van der Waals surface area contributed by atoms with Gasteiger partial charge >= 0.3 is 0 Å². The lowest BCUT2D eigenvalue weighted by Crippen LogP contribution is -1.88. The molecule has 0 fully saturated rings. The predicted octanol–water partition coefficient (Wildman–Crippen LogP) is 4.53. The molecule has 0 heterocycles. The Bertz CT molecular complexity index is 299. The predicted molar refractivity (Wildman–Crippen MR) is 66.5 cm³/mol. The van der Waals surface area contributed by atoms with E-state index in [4.69, 9.17) is 0 Å². The van der Waals surface area contributed by atoms with Gasteiger partial charge in [-0.15, -0.1) is 6.58 Å². The van der Waals surface area contributed by atoms with Crippen LogP contribution in [0.4, 0.5) is 0 Å². The molecule has 0 unspecified atom stereocenters. The van der Waals surface area contributed by atoms with Gasteiger partial charge in [-0.1, -0.05) is 36.4 Å². The fourth-order valence-corrected chi connectivity index (χ4v) is 1.49. The van der Waals surface area contributed by atoms with Crippen LogP contribution in [0.15, 0.2) is 37.4 Å². The third kappa shape index (κ3) is 3.61. The fourth-order valence-electron chi connectivity index (χ4n) is 1.49. The first kappa shape index (κ1) is 12.7. The summed E-state index contributed by atoms with van der Waals surface area (Å²) in [6.07, 6.45) is 1.75. The van der Waals surface area contributed by atoms with Crippen molar-refractivity contribution in [2.24, 2.45) is 0 Å². The Labute approximate surface area is 88.0 Å². The number of hydrogen-bond acceptors (Lipinski definition) is 0. The number of benzene rings is 1. The summed E-state index contributed by atoms with van der Waals surface area (Å²) in [5, 5.41) is 0. The van der Waals surface area contributed by atoms with Gasteiger partial charge in [-0.25, -0.2) is 0 Å². The fraction of sp³-hybridized carbons (Fsp3) is 0.286.